The van der Waals surface area contributed by atoms with Crippen molar-refractivity contribution in [3.8, 4) is 11.1 Å². The van der Waals surface area contributed by atoms with Gasteiger partial charge in [-0.2, -0.15) is 0 Å². The molecule has 0 amide bonds. The molecule has 2 heteroatoms. The van der Waals surface area contributed by atoms with E-state index in [9.17, 15) is 0 Å². The number of aryl methyl sites for hydroxylation is 5. The lowest BCUT2D eigenvalue weighted by Gasteiger charge is -2.33. The van der Waals surface area contributed by atoms with Crippen LogP contribution in [0, 0.1) is 34.6 Å². The Kier molecular flexibility index (Phi) is 8.37. The highest BCUT2D eigenvalue weighted by molar-refractivity contribution is 6.24. The Bertz CT molecular complexity index is 2390. The minimum atomic E-state index is 1.13. The van der Waals surface area contributed by atoms with Gasteiger partial charge >= 0.3 is 0 Å². The van der Waals surface area contributed by atoms with Crippen LogP contribution >= 0.6 is 0 Å². The first-order chi connectivity index (χ1) is 24.8. The zero-order chi connectivity index (χ0) is 35.1. The molecule has 0 radical (unpaired) electrons. The summed E-state index contributed by atoms with van der Waals surface area (Å²) in [6.45, 7) is 10.8. The monoisotopic (exact) mass is 658 g/mol. The summed E-state index contributed by atoms with van der Waals surface area (Å²) in [5.74, 6) is 0. The summed E-state index contributed by atoms with van der Waals surface area (Å²) in [6.07, 6.45) is 0. The molecule has 0 aromatic heterocycles. The Morgan fingerprint density at radius 1 is 0.275 bits per heavy atom. The Balaban J connectivity index is 1.55. The number of hydrogen-bond donors (Lipinski definition) is 0. The molecule has 0 aliphatic rings. The molecule has 248 valence electrons. The minimum Gasteiger partial charge on any atom is -0.309 e. The molecule has 0 saturated heterocycles. The van der Waals surface area contributed by atoms with Crippen molar-refractivity contribution in [1.29, 1.82) is 0 Å². The van der Waals surface area contributed by atoms with Crippen LogP contribution in [0.25, 0.3) is 32.7 Å². The second-order valence-corrected chi connectivity index (χ2v) is 13.9. The third-order valence-corrected chi connectivity index (χ3v) is 9.94. The van der Waals surface area contributed by atoms with E-state index in [0.717, 1.165) is 22.7 Å². The van der Waals surface area contributed by atoms with Gasteiger partial charge in [-0.25, -0.2) is 0 Å². The first-order valence-electron chi connectivity index (χ1n) is 17.8. The molecule has 8 rings (SSSR count). The first-order valence-corrected chi connectivity index (χ1v) is 17.8. The van der Waals surface area contributed by atoms with Crippen LogP contribution < -0.4 is 9.80 Å². The van der Waals surface area contributed by atoms with Crippen LogP contribution in [0.4, 0.5) is 34.1 Å². The van der Waals surface area contributed by atoms with Crippen LogP contribution in [0.3, 0.4) is 0 Å². The van der Waals surface area contributed by atoms with E-state index in [2.05, 4.69) is 208 Å². The van der Waals surface area contributed by atoms with Crippen molar-refractivity contribution in [2.45, 2.75) is 34.6 Å². The highest BCUT2D eigenvalue weighted by atomic mass is 15.2. The number of benzene rings is 8. The zero-order valence-electron chi connectivity index (χ0n) is 30.0. The highest BCUT2D eigenvalue weighted by Gasteiger charge is 2.26. The van der Waals surface area contributed by atoms with Gasteiger partial charge < -0.3 is 9.80 Å². The lowest BCUT2D eigenvalue weighted by molar-refractivity contribution is 1.28. The molecule has 0 aliphatic heterocycles. The number of hydrogen-bond acceptors (Lipinski definition) is 2. The molecule has 8 aromatic rings. The minimum absolute atomic E-state index is 1.13. The molecule has 0 saturated carbocycles. The van der Waals surface area contributed by atoms with Crippen LogP contribution in [0.1, 0.15) is 27.8 Å². The maximum atomic E-state index is 2.46. The fourth-order valence-electron chi connectivity index (χ4n) is 7.18. The molecule has 0 unspecified atom stereocenters. The highest BCUT2D eigenvalue weighted by Crippen LogP contribution is 2.52. The summed E-state index contributed by atoms with van der Waals surface area (Å²) in [5, 5.41) is 4.77. The molecular formula is C49H42N2. The largest absolute Gasteiger partial charge is 0.309 e. The van der Waals surface area contributed by atoms with Crippen molar-refractivity contribution >= 4 is 55.7 Å². The molecule has 0 aliphatic carbocycles. The van der Waals surface area contributed by atoms with Gasteiger partial charge in [-0.05, 0) is 106 Å². The van der Waals surface area contributed by atoms with Gasteiger partial charge in [0.2, 0.25) is 0 Å². The molecule has 2 nitrogen and oxygen atoms in total. The molecule has 0 fully saturated rings. The van der Waals surface area contributed by atoms with E-state index < -0.39 is 0 Å². The van der Waals surface area contributed by atoms with Gasteiger partial charge in [0, 0.05) is 44.3 Å². The molecule has 51 heavy (non-hydrogen) atoms. The van der Waals surface area contributed by atoms with Crippen molar-refractivity contribution in [2.75, 3.05) is 9.80 Å². The van der Waals surface area contributed by atoms with Crippen molar-refractivity contribution in [3.63, 3.8) is 0 Å². The molecule has 0 heterocycles. The van der Waals surface area contributed by atoms with Crippen molar-refractivity contribution in [3.05, 3.63) is 192 Å². The van der Waals surface area contributed by atoms with E-state index >= 15 is 0 Å². The topological polar surface area (TPSA) is 6.48 Å². The Labute approximate surface area is 301 Å². The number of anilines is 6. The van der Waals surface area contributed by atoms with Gasteiger partial charge in [-0.3, -0.25) is 0 Å². The summed E-state index contributed by atoms with van der Waals surface area (Å²) in [5.41, 5.74) is 15.4. The normalized spacial score (nSPS) is 11.2. The summed E-state index contributed by atoms with van der Waals surface area (Å²) in [6, 6.07) is 60.4. The lowest BCUT2D eigenvalue weighted by atomic mass is 9.92. The second kappa shape index (κ2) is 13.3. The van der Waals surface area contributed by atoms with E-state index in [1.54, 1.807) is 0 Å². The number of fused-ring (bicyclic) bond motifs is 2. The zero-order valence-corrected chi connectivity index (χ0v) is 30.0. The summed E-state index contributed by atoms with van der Waals surface area (Å²) < 4.78 is 0. The van der Waals surface area contributed by atoms with Gasteiger partial charge in [0.25, 0.3) is 0 Å². The van der Waals surface area contributed by atoms with Crippen LogP contribution in [-0.2, 0) is 0 Å². The van der Waals surface area contributed by atoms with E-state index in [4.69, 9.17) is 0 Å². The van der Waals surface area contributed by atoms with Gasteiger partial charge in [0.15, 0.2) is 0 Å². The predicted molar refractivity (Wildman–Crippen MR) is 220 cm³/mol. The van der Waals surface area contributed by atoms with Gasteiger partial charge in [-0.15, -0.1) is 0 Å². The first kappa shape index (κ1) is 32.1. The average molecular weight is 659 g/mol. The van der Waals surface area contributed by atoms with Crippen molar-refractivity contribution < 1.29 is 0 Å². The Hall–Kier alpha value is -6.12. The standard InChI is InChI=1S/C49H42N2/c1-33-11-21-40(22-12-33)50(41-23-13-34(2)14-24-41)48-44-29-19-37(5)31-46(44)49(47-32-39(20-30-45(47)48)38-9-7-6-8-10-38)51(42-25-15-35(3)16-26-42)43-27-17-36(4)18-28-43/h6-32H,1-5H3. The SMILES string of the molecule is Cc1ccc(N(c2ccc(C)cc2)c2c3ccc(C)cc3c(N(c3ccc(C)cc3)c3ccc(C)cc3)c3cc(-c4ccccc4)ccc23)cc1. The predicted octanol–water partition coefficient (Wildman–Crippen LogP) is 14.1. The third kappa shape index (κ3) is 6.15. The van der Waals surface area contributed by atoms with Crippen LogP contribution in [0.15, 0.2) is 164 Å². The number of rotatable bonds is 7. The average Bonchev–Trinajstić information content (AvgIpc) is 3.15. The summed E-state index contributed by atoms with van der Waals surface area (Å²) in [7, 11) is 0. The molecular weight excluding hydrogens is 617 g/mol. The van der Waals surface area contributed by atoms with E-state index in [1.807, 2.05) is 0 Å². The number of nitrogens with zero attached hydrogens (tertiary/aromatic N) is 2. The van der Waals surface area contributed by atoms with Gasteiger partial charge in [0.1, 0.15) is 0 Å². The van der Waals surface area contributed by atoms with Crippen molar-refractivity contribution in [1.82, 2.24) is 0 Å². The molecule has 0 N–H and O–H groups in total. The molecule has 8 aromatic carbocycles. The maximum Gasteiger partial charge on any atom is 0.0620 e. The van der Waals surface area contributed by atoms with Crippen LogP contribution in [0.5, 0.6) is 0 Å². The molecule has 0 bridgehead atoms. The maximum absolute atomic E-state index is 2.46. The van der Waals surface area contributed by atoms with Crippen molar-refractivity contribution in [2.24, 2.45) is 0 Å². The van der Waals surface area contributed by atoms with Gasteiger partial charge in [-0.1, -0.05) is 131 Å². The van der Waals surface area contributed by atoms with Crippen LogP contribution in [-0.4, -0.2) is 0 Å². The van der Waals surface area contributed by atoms with E-state index in [0.29, 0.717) is 0 Å². The second-order valence-electron chi connectivity index (χ2n) is 13.9. The van der Waals surface area contributed by atoms with Gasteiger partial charge in [0.05, 0.1) is 11.4 Å². The Morgan fingerprint density at radius 3 is 1.06 bits per heavy atom. The summed E-state index contributed by atoms with van der Waals surface area (Å²) in [4.78, 5) is 4.91. The fraction of sp³-hybridized carbons (Fsp3) is 0.102. The quantitative estimate of drug-likeness (QED) is 0.124. The van der Waals surface area contributed by atoms with Crippen LogP contribution in [0.2, 0.25) is 0 Å². The van der Waals surface area contributed by atoms with E-state index in [1.165, 1.54) is 71.9 Å². The fourth-order valence-corrected chi connectivity index (χ4v) is 7.18. The van der Waals surface area contributed by atoms with E-state index in [-0.39, 0.29) is 0 Å². The molecule has 0 spiro atoms. The smallest absolute Gasteiger partial charge is 0.0620 e. The molecule has 0 atom stereocenters. The third-order valence-electron chi connectivity index (χ3n) is 9.94. The lowest BCUT2D eigenvalue weighted by Crippen LogP contribution is -2.15. The summed E-state index contributed by atoms with van der Waals surface area (Å²) >= 11 is 0. The Morgan fingerprint density at radius 2 is 0.627 bits per heavy atom.